The molecule has 34 heavy (non-hydrogen) atoms. The van der Waals surface area contributed by atoms with Crippen LogP contribution in [0.5, 0.6) is 0 Å². The summed E-state index contributed by atoms with van der Waals surface area (Å²) in [4.78, 5) is 1.76. The van der Waals surface area contributed by atoms with Crippen molar-refractivity contribution >= 4 is 21.4 Å². The smallest absolute Gasteiger partial charge is 0.0348 e. The number of aryl methyl sites for hydroxylation is 1. The molecule has 0 saturated heterocycles. The summed E-state index contributed by atoms with van der Waals surface area (Å²) in [6, 6.07) is 7.43. The van der Waals surface area contributed by atoms with E-state index in [0.717, 1.165) is 23.7 Å². The molecule has 0 bridgehead atoms. The summed E-state index contributed by atoms with van der Waals surface area (Å²) >= 11 is 2.14. The van der Waals surface area contributed by atoms with Crippen molar-refractivity contribution in [1.29, 1.82) is 0 Å². The molecule has 0 nitrogen and oxygen atoms in total. The number of hydrogen-bond donors (Lipinski definition) is 0. The van der Waals surface area contributed by atoms with Gasteiger partial charge in [-0.3, -0.25) is 0 Å². The van der Waals surface area contributed by atoms with Crippen LogP contribution in [0, 0.1) is 23.7 Å². The van der Waals surface area contributed by atoms with Crippen LogP contribution >= 0.6 is 11.3 Å². The highest BCUT2D eigenvalue weighted by atomic mass is 32.1. The van der Waals surface area contributed by atoms with E-state index in [2.05, 4.69) is 50.3 Å². The van der Waals surface area contributed by atoms with Gasteiger partial charge < -0.3 is 0 Å². The van der Waals surface area contributed by atoms with Crippen LogP contribution in [0.25, 0.3) is 10.1 Å². The Bertz CT molecular complexity index is 861. The fourth-order valence-electron chi connectivity index (χ4n) is 7.27. The van der Waals surface area contributed by atoms with Crippen molar-refractivity contribution < 1.29 is 0 Å². The highest BCUT2D eigenvalue weighted by Gasteiger charge is 2.40. The summed E-state index contributed by atoms with van der Waals surface area (Å²) in [5.74, 6) is 3.95. The van der Waals surface area contributed by atoms with Crippen molar-refractivity contribution in [1.82, 2.24) is 0 Å². The maximum Gasteiger partial charge on any atom is 0.0348 e. The van der Waals surface area contributed by atoms with E-state index in [4.69, 9.17) is 0 Å². The van der Waals surface area contributed by atoms with Gasteiger partial charge in [0.15, 0.2) is 0 Å². The number of hydrogen-bond acceptors (Lipinski definition) is 1. The van der Waals surface area contributed by atoms with Crippen LogP contribution in [0.15, 0.2) is 18.2 Å². The molecule has 1 fully saturated rings. The second-order valence-corrected chi connectivity index (χ2v) is 13.0. The fourth-order valence-corrected chi connectivity index (χ4v) is 8.58. The molecule has 1 heteroatoms. The van der Waals surface area contributed by atoms with Gasteiger partial charge in [0.2, 0.25) is 0 Å². The molecule has 1 saturated carbocycles. The van der Waals surface area contributed by atoms with Crippen LogP contribution < -0.4 is 0 Å². The van der Waals surface area contributed by atoms with E-state index in [1.165, 1.54) is 116 Å². The summed E-state index contributed by atoms with van der Waals surface area (Å²) in [5.41, 5.74) is 3.33. The Labute approximate surface area is 215 Å². The Kier molecular flexibility index (Phi) is 10.4. The Morgan fingerprint density at radius 3 is 2.00 bits per heavy atom. The lowest BCUT2D eigenvalue weighted by Gasteiger charge is -2.44. The minimum atomic E-state index is 0.956. The van der Waals surface area contributed by atoms with Gasteiger partial charge in [0.25, 0.3) is 0 Å². The van der Waals surface area contributed by atoms with Crippen molar-refractivity contribution in [3.63, 3.8) is 0 Å². The molecule has 2 aliphatic carbocycles. The van der Waals surface area contributed by atoms with Gasteiger partial charge in [-0.15, -0.1) is 11.3 Å². The first-order valence-electron chi connectivity index (χ1n) is 15.3. The van der Waals surface area contributed by atoms with E-state index >= 15 is 0 Å². The lowest BCUT2D eigenvalue weighted by atomic mass is 9.61. The zero-order chi connectivity index (χ0) is 23.8. The number of rotatable bonds is 14. The van der Waals surface area contributed by atoms with Gasteiger partial charge in [-0.05, 0) is 84.8 Å². The molecular formula is C33H52S. The van der Waals surface area contributed by atoms with E-state index in [-0.39, 0.29) is 0 Å². The monoisotopic (exact) mass is 480 g/mol. The molecule has 0 spiro atoms. The fraction of sp³-hybridized carbons (Fsp3) is 0.758. The lowest BCUT2D eigenvalue weighted by molar-refractivity contribution is 0.0898. The Hall–Kier alpha value is -0.820. The van der Waals surface area contributed by atoms with Crippen molar-refractivity contribution in [2.45, 2.75) is 136 Å². The Morgan fingerprint density at radius 2 is 1.32 bits per heavy atom. The average Bonchev–Trinajstić information content (AvgIpc) is 3.20. The van der Waals surface area contributed by atoms with E-state index in [0.29, 0.717) is 0 Å². The summed E-state index contributed by atoms with van der Waals surface area (Å²) in [7, 11) is 0. The van der Waals surface area contributed by atoms with Crippen LogP contribution in [-0.2, 0) is 19.3 Å². The highest BCUT2D eigenvalue weighted by Crippen LogP contribution is 2.50. The number of fused-ring (bicyclic) bond motifs is 4. The van der Waals surface area contributed by atoms with E-state index in [9.17, 15) is 0 Å². The molecule has 1 heterocycles. The van der Waals surface area contributed by atoms with Crippen LogP contribution in [0.2, 0.25) is 0 Å². The van der Waals surface area contributed by atoms with Gasteiger partial charge in [0.05, 0.1) is 0 Å². The van der Waals surface area contributed by atoms with Crippen molar-refractivity contribution in [2.24, 2.45) is 23.7 Å². The van der Waals surface area contributed by atoms with Crippen molar-refractivity contribution in [2.75, 3.05) is 0 Å². The zero-order valence-corrected chi connectivity index (χ0v) is 23.5. The van der Waals surface area contributed by atoms with Crippen LogP contribution in [0.4, 0.5) is 0 Å². The van der Waals surface area contributed by atoms with Gasteiger partial charge >= 0.3 is 0 Å². The van der Waals surface area contributed by atoms with Crippen molar-refractivity contribution in [3.05, 3.63) is 34.2 Å². The van der Waals surface area contributed by atoms with Crippen molar-refractivity contribution in [3.8, 4) is 0 Å². The molecule has 1 aromatic heterocycles. The first-order valence-corrected chi connectivity index (χ1v) is 16.1. The zero-order valence-electron chi connectivity index (χ0n) is 22.7. The molecule has 0 aliphatic heterocycles. The first-order chi connectivity index (χ1) is 16.7. The largest absolute Gasteiger partial charge is 0.140 e. The molecule has 2 aliphatic rings. The van der Waals surface area contributed by atoms with Crippen LogP contribution in [-0.4, -0.2) is 0 Å². The number of thiophene rings is 1. The van der Waals surface area contributed by atoms with E-state index < -0.39 is 0 Å². The lowest BCUT2D eigenvalue weighted by Crippen LogP contribution is -2.36. The molecule has 2 aromatic rings. The van der Waals surface area contributed by atoms with Gasteiger partial charge in [-0.25, -0.2) is 0 Å². The molecule has 4 atom stereocenters. The predicted octanol–water partition coefficient (Wildman–Crippen LogP) is 10.9. The molecule has 0 radical (unpaired) electrons. The maximum absolute atomic E-state index is 2.57. The van der Waals surface area contributed by atoms with Gasteiger partial charge in [-0.2, -0.15) is 0 Å². The number of unbranched alkanes of at least 4 members (excludes halogenated alkanes) is 8. The highest BCUT2D eigenvalue weighted by molar-refractivity contribution is 7.19. The minimum Gasteiger partial charge on any atom is -0.140 e. The van der Waals surface area contributed by atoms with E-state index in [1.807, 2.05) is 0 Å². The molecule has 1 aromatic carbocycles. The normalized spacial score (nSPS) is 24.3. The number of benzene rings is 1. The second-order valence-electron chi connectivity index (χ2n) is 11.9. The Balaban J connectivity index is 1.45. The SMILES string of the molecule is CCCCCCCC1CC2Cc3sc4ccc(CCCC)cc4c3CC2CC1CCCCCC. The molecule has 190 valence electrons. The topological polar surface area (TPSA) is 0 Å². The summed E-state index contributed by atoms with van der Waals surface area (Å²) < 4.78 is 1.56. The third kappa shape index (κ3) is 6.68. The first kappa shape index (κ1) is 26.2. The van der Waals surface area contributed by atoms with Gasteiger partial charge in [0.1, 0.15) is 0 Å². The van der Waals surface area contributed by atoms with Gasteiger partial charge in [-0.1, -0.05) is 110 Å². The Morgan fingerprint density at radius 1 is 0.706 bits per heavy atom. The minimum absolute atomic E-state index is 0.956. The predicted molar refractivity (Wildman–Crippen MR) is 153 cm³/mol. The summed E-state index contributed by atoms with van der Waals surface area (Å²) in [6.07, 6.45) is 25.7. The molecular weight excluding hydrogens is 428 g/mol. The summed E-state index contributed by atoms with van der Waals surface area (Å²) in [6.45, 7) is 7.00. The standard InChI is InChI=1S/C33H52S/c1-4-7-10-12-14-17-27-22-29-24-33-31(23-28(29)21-26(27)16-13-11-8-5-2)30-20-25(15-9-6-3)18-19-32(30)34-33/h18-20,26-29H,4-17,21-24H2,1-3H3. The second kappa shape index (κ2) is 13.5. The molecule has 0 N–H and O–H groups in total. The summed E-state index contributed by atoms with van der Waals surface area (Å²) in [5, 5.41) is 1.63. The molecule has 4 rings (SSSR count). The van der Waals surface area contributed by atoms with Gasteiger partial charge in [0, 0.05) is 9.58 Å². The van der Waals surface area contributed by atoms with Crippen LogP contribution in [0.1, 0.15) is 133 Å². The molecule has 4 unspecified atom stereocenters. The van der Waals surface area contributed by atoms with E-state index in [1.54, 1.807) is 26.1 Å². The maximum atomic E-state index is 2.57. The van der Waals surface area contributed by atoms with Crippen LogP contribution in [0.3, 0.4) is 0 Å². The third-order valence-electron chi connectivity index (χ3n) is 9.32. The third-order valence-corrected chi connectivity index (χ3v) is 10.6. The molecule has 0 amide bonds. The average molecular weight is 481 g/mol. The quantitative estimate of drug-likeness (QED) is 0.236.